The predicted molar refractivity (Wildman–Crippen MR) is 49.4 cm³/mol. The second kappa shape index (κ2) is 4.52. The van der Waals surface area contributed by atoms with Crippen molar-refractivity contribution in [3.05, 3.63) is 11.6 Å². The molecule has 1 amide bonds. The molecule has 5 nitrogen and oxygen atoms in total. The predicted octanol–water partition coefficient (Wildman–Crippen LogP) is -0.377. The molecule has 8 heteroatoms. The van der Waals surface area contributed by atoms with Crippen LogP contribution in [0.15, 0.2) is 16.8 Å². The number of halogens is 3. The minimum atomic E-state index is -4.70. The van der Waals surface area contributed by atoms with Crippen LogP contribution in [-0.4, -0.2) is 47.6 Å². The van der Waals surface area contributed by atoms with Crippen LogP contribution >= 0.6 is 0 Å². The Morgan fingerprint density at radius 3 is 2.81 bits per heavy atom. The molecule has 1 heterocycles. The van der Waals surface area contributed by atoms with Gasteiger partial charge in [0, 0.05) is 11.8 Å². The van der Waals surface area contributed by atoms with E-state index in [0.717, 1.165) is 11.2 Å². The molecule has 0 fully saturated rings. The average molecular weight is 237 g/mol. The van der Waals surface area contributed by atoms with Gasteiger partial charge in [0.05, 0.1) is 13.1 Å². The fourth-order valence-electron chi connectivity index (χ4n) is 1.08. The standard InChI is InChI=1S/C8H10F3N3O2/c9-8(10,11)6(15)4-14-3-5(7(12)16)1-2-13-14/h1-2,6,15H,3-4H2,(H2,12,16)/t6-/m1/s1. The van der Waals surface area contributed by atoms with Crippen molar-refractivity contribution < 1.29 is 23.1 Å². The maximum absolute atomic E-state index is 12.0. The number of aliphatic hydroxyl groups is 1. The topological polar surface area (TPSA) is 78.9 Å². The molecule has 0 saturated heterocycles. The lowest BCUT2D eigenvalue weighted by molar-refractivity contribution is -0.207. The second-order valence-electron chi connectivity index (χ2n) is 3.23. The summed E-state index contributed by atoms with van der Waals surface area (Å²) in [5, 5.41) is 13.3. The van der Waals surface area contributed by atoms with E-state index >= 15 is 0 Å². The van der Waals surface area contributed by atoms with Gasteiger partial charge in [-0.1, -0.05) is 0 Å². The number of allylic oxidation sites excluding steroid dienone is 1. The van der Waals surface area contributed by atoms with E-state index in [4.69, 9.17) is 10.8 Å². The quantitative estimate of drug-likeness (QED) is 0.702. The summed E-state index contributed by atoms with van der Waals surface area (Å²) in [6, 6.07) is 0. The number of nitrogens with two attached hydrogens (primary N) is 1. The van der Waals surface area contributed by atoms with Crippen LogP contribution in [-0.2, 0) is 4.79 Å². The summed E-state index contributed by atoms with van der Waals surface area (Å²) in [4.78, 5) is 10.8. The van der Waals surface area contributed by atoms with Crippen LogP contribution in [0.25, 0.3) is 0 Å². The van der Waals surface area contributed by atoms with Gasteiger partial charge in [-0.2, -0.15) is 18.3 Å². The summed E-state index contributed by atoms with van der Waals surface area (Å²) in [5.41, 5.74) is 5.11. The normalized spacial score (nSPS) is 18.2. The van der Waals surface area contributed by atoms with Gasteiger partial charge in [-0.05, 0) is 6.08 Å². The summed E-state index contributed by atoms with van der Waals surface area (Å²) in [6.45, 7) is -0.871. The molecule has 0 saturated carbocycles. The van der Waals surface area contributed by atoms with Crippen LogP contribution in [0, 0.1) is 0 Å². The summed E-state index contributed by atoms with van der Waals surface area (Å²) < 4.78 is 36.1. The van der Waals surface area contributed by atoms with E-state index in [2.05, 4.69) is 5.10 Å². The van der Waals surface area contributed by atoms with Crippen molar-refractivity contribution >= 4 is 12.1 Å². The van der Waals surface area contributed by atoms with E-state index in [1.807, 2.05) is 0 Å². The SMILES string of the molecule is NC(=O)C1=CC=NN(C[C@@H](O)C(F)(F)F)C1. The van der Waals surface area contributed by atoms with E-state index in [0.29, 0.717) is 0 Å². The molecule has 0 unspecified atom stereocenters. The molecule has 1 atom stereocenters. The van der Waals surface area contributed by atoms with E-state index in [-0.39, 0.29) is 12.1 Å². The number of nitrogens with zero attached hydrogens (tertiary/aromatic N) is 2. The number of hydrazone groups is 1. The molecule has 16 heavy (non-hydrogen) atoms. The third-order valence-electron chi connectivity index (χ3n) is 1.94. The highest BCUT2D eigenvalue weighted by Crippen LogP contribution is 2.21. The van der Waals surface area contributed by atoms with Gasteiger partial charge in [0.1, 0.15) is 0 Å². The Labute approximate surface area is 89.0 Å². The molecular weight excluding hydrogens is 227 g/mol. The highest BCUT2D eigenvalue weighted by molar-refractivity contribution is 5.97. The largest absolute Gasteiger partial charge is 0.416 e. The molecule has 0 aromatic carbocycles. The lowest BCUT2D eigenvalue weighted by Crippen LogP contribution is -2.41. The first-order valence-electron chi connectivity index (χ1n) is 4.33. The molecular formula is C8H10F3N3O2. The number of carbonyl (C=O) groups is 1. The van der Waals surface area contributed by atoms with Crippen molar-refractivity contribution in [3.63, 3.8) is 0 Å². The minimum absolute atomic E-state index is 0.140. The van der Waals surface area contributed by atoms with Gasteiger partial charge in [-0.25, -0.2) is 0 Å². The average Bonchev–Trinajstić information content (AvgIpc) is 2.16. The smallest absolute Gasteiger partial charge is 0.382 e. The van der Waals surface area contributed by atoms with Crippen LogP contribution in [0.1, 0.15) is 0 Å². The Hall–Kier alpha value is -1.57. The Kier molecular flexibility index (Phi) is 3.53. The van der Waals surface area contributed by atoms with E-state index in [9.17, 15) is 18.0 Å². The zero-order valence-electron chi connectivity index (χ0n) is 8.11. The van der Waals surface area contributed by atoms with Crippen LogP contribution in [0.3, 0.4) is 0 Å². The Morgan fingerprint density at radius 2 is 2.31 bits per heavy atom. The molecule has 1 aliphatic heterocycles. The van der Waals surface area contributed by atoms with E-state index < -0.39 is 24.7 Å². The maximum atomic E-state index is 12.0. The molecule has 0 aromatic heterocycles. The lowest BCUT2D eigenvalue weighted by atomic mass is 10.2. The van der Waals surface area contributed by atoms with Gasteiger partial charge in [0.15, 0.2) is 6.10 Å². The Balaban J connectivity index is 2.57. The number of hydrogen-bond acceptors (Lipinski definition) is 4. The first-order chi connectivity index (χ1) is 7.30. The summed E-state index contributed by atoms with van der Waals surface area (Å²) >= 11 is 0. The zero-order chi connectivity index (χ0) is 12.3. The summed E-state index contributed by atoms with van der Waals surface area (Å²) in [5.74, 6) is -0.724. The molecule has 1 rings (SSSR count). The second-order valence-corrected chi connectivity index (χ2v) is 3.23. The van der Waals surface area contributed by atoms with Gasteiger partial charge in [0.2, 0.25) is 5.91 Å². The highest BCUT2D eigenvalue weighted by Gasteiger charge is 2.39. The molecule has 1 aliphatic rings. The van der Waals surface area contributed by atoms with Gasteiger partial charge < -0.3 is 10.8 Å². The number of amides is 1. The van der Waals surface area contributed by atoms with Crippen molar-refractivity contribution in [2.45, 2.75) is 12.3 Å². The maximum Gasteiger partial charge on any atom is 0.416 e. The van der Waals surface area contributed by atoms with Gasteiger partial charge in [0.25, 0.3) is 0 Å². The molecule has 0 spiro atoms. The summed E-state index contributed by atoms with van der Waals surface area (Å²) in [7, 11) is 0. The zero-order valence-corrected chi connectivity index (χ0v) is 8.11. The highest BCUT2D eigenvalue weighted by atomic mass is 19.4. The van der Waals surface area contributed by atoms with Crippen molar-refractivity contribution in [2.24, 2.45) is 10.8 Å². The van der Waals surface area contributed by atoms with Crippen LogP contribution in [0.2, 0.25) is 0 Å². The Morgan fingerprint density at radius 1 is 1.69 bits per heavy atom. The molecule has 0 aliphatic carbocycles. The Bertz CT molecular complexity index is 338. The molecule has 0 radical (unpaired) electrons. The summed E-state index contributed by atoms with van der Waals surface area (Å²) in [6.07, 6.45) is -4.73. The monoisotopic (exact) mass is 237 g/mol. The van der Waals surface area contributed by atoms with Crippen molar-refractivity contribution in [1.82, 2.24) is 5.01 Å². The fourth-order valence-corrected chi connectivity index (χ4v) is 1.08. The number of aliphatic hydroxyl groups excluding tert-OH is 1. The molecule has 3 N–H and O–H groups in total. The van der Waals surface area contributed by atoms with Gasteiger partial charge in [-0.15, -0.1) is 0 Å². The minimum Gasteiger partial charge on any atom is -0.382 e. The van der Waals surface area contributed by atoms with Gasteiger partial charge >= 0.3 is 6.18 Å². The van der Waals surface area contributed by atoms with Crippen molar-refractivity contribution in [2.75, 3.05) is 13.1 Å². The van der Waals surface area contributed by atoms with Crippen molar-refractivity contribution in [1.29, 1.82) is 0 Å². The van der Waals surface area contributed by atoms with Crippen LogP contribution in [0.4, 0.5) is 13.2 Å². The van der Waals surface area contributed by atoms with E-state index in [1.54, 1.807) is 0 Å². The third kappa shape index (κ3) is 3.23. The third-order valence-corrected chi connectivity index (χ3v) is 1.94. The van der Waals surface area contributed by atoms with Crippen molar-refractivity contribution in [3.8, 4) is 0 Å². The number of hydrogen-bond donors (Lipinski definition) is 2. The lowest BCUT2D eigenvalue weighted by Gasteiger charge is -2.25. The van der Waals surface area contributed by atoms with Gasteiger partial charge in [-0.3, -0.25) is 9.80 Å². The molecule has 0 aromatic rings. The number of alkyl halides is 3. The molecule has 0 bridgehead atoms. The van der Waals surface area contributed by atoms with Crippen LogP contribution < -0.4 is 5.73 Å². The number of carbonyl (C=O) groups excluding carboxylic acids is 1. The fraction of sp³-hybridized carbons (Fsp3) is 0.500. The number of rotatable bonds is 3. The first-order valence-corrected chi connectivity index (χ1v) is 4.33. The first kappa shape index (κ1) is 12.5. The number of β-amino-alcohol motifs (C(OH)–C–C–N with tert-alkyl or cyclic N) is 1. The number of primary amides is 1. The van der Waals surface area contributed by atoms with E-state index in [1.165, 1.54) is 6.08 Å². The van der Waals surface area contributed by atoms with Crippen LogP contribution in [0.5, 0.6) is 0 Å². The molecule has 90 valence electrons.